The lowest BCUT2D eigenvalue weighted by molar-refractivity contribution is 0.630. The van der Waals surface area contributed by atoms with Crippen LogP contribution in [0.3, 0.4) is 0 Å². The second-order valence-electron chi connectivity index (χ2n) is 4.78. The minimum atomic E-state index is -0.286. The van der Waals surface area contributed by atoms with Crippen molar-refractivity contribution >= 4 is 0 Å². The molecule has 0 radical (unpaired) electrons. The van der Waals surface area contributed by atoms with Crippen molar-refractivity contribution in [1.82, 2.24) is 4.98 Å². The van der Waals surface area contributed by atoms with Crippen LogP contribution in [0, 0.1) is 5.82 Å². The van der Waals surface area contributed by atoms with Crippen molar-refractivity contribution in [2.75, 3.05) is 0 Å². The molecule has 0 aliphatic heterocycles. The maximum Gasteiger partial charge on any atom is 0.132 e. The number of pyridine rings is 1. The molecule has 0 bridgehead atoms. The summed E-state index contributed by atoms with van der Waals surface area (Å²) >= 11 is 0. The molecule has 0 saturated carbocycles. The van der Waals surface area contributed by atoms with Gasteiger partial charge in [0.05, 0.1) is 5.69 Å². The molecule has 3 aromatic rings. The highest BCUT2D eigenvalue weighted by Gasteiger charge is 2.14. The van der Waals surface area contributed by atoms with Crippen LogP contribution in [0.15, 0.2) is 66.9 Å². The second-order valence-corrected chi connectivity index (χ2v) is 4.78. The lowest BCUT2D eigenvalue weighted by Crippen LogP contribution is -1.97. The lowest BCUT2D eigenvalue weighted by Gasteiger charge is -2.13. The van der Waals surface area contributed by atoms with Gasteiger partial charge in [-0.2, -0.15) is 0 Å². The summed E-state index contributed by atoms with van der Waals surface area (Å²) in [5, 5.41) is 0. The van der Waals surface area contributed by atoms with Crippen LogP contribution in [0.4, 0.5) is 4.39 Å². The van der Waals surface area contributed by atoms with E-state index in [0.29, 0.717) is 17.7 Å². The molecule has 0 atom stereocenters. The molecule has 3 rings (SSSR count). The van der Waals surface area contributed by atoms with Gasteiger partial charge >= 0.3 is 0 Å². The van der Waals surface area contributed by atoms with Crippen molar-refractivity contribution in [3.63, 3.8) is 0 Å². The molecule has 0 aliphatic carbocycles. The van der Waals surface area contributed by atoms with Crippen LogP contribution in [-0.2, 0) is 6.42 Å². The molecule has 0 fully saturated rings. The Morgan fingerprint density at radius 2 is 1.71 bits per heavy atom. The molecule has 1 aromatic heterocycles. The third kappa shape index (κ3) is 2.57. The van der Waals surface area contributed by atoms with E-state index < -0.39 is 0 Å². The smallest absolute Gasteiger partial charge is 0.132 e. The zero-order valence-electron chi connectivity index (χ0n) is 12.6. The summed E-state index contributed by atoms with van der Waals surface area (Å²) in [4.78, 5) is 4.39. The number of hydrogen-bond donors (Lipinski definition) is 0. The van der Waals surface area contributed by atoms with Gasteiger partial charge in [-0.15, -0.1) is 0 Å². The van der Waals surface area contributed by atoms with Crippen molar-refractivity contribution in [2.45, 2.75) is 13.3 Å². The summed E-state index contributed by atoms with van der Waals surface area (Å²) in [6.07, 6.45) is 2.25. The molecule has 0 saturated heterocycles. The first kappa shape index (κ1) is 12.3. The average Bonchev–Trinajstić information content (AvgIpc) is 2.57. The standard InChI is InChI=1S/C19H16FN/c1-2-15-16(14-8-4-3-5-9-14)12-13-21-19(15)17-10-6-7-11-18(17)20/h3-13H,2H2,1H3/i1D. The van der Waals surface area contributed by atoms with Gasteiger partial charge in [-0.25, -0.2) is 4.39 Å². The summed E-state index contributed by atoms with van der Waals surface area (Å²) in [5.41, 5.74) is 4.12. The number of hydrogen-bond acceptors (Lipinski definition) is 1. The highest BCUT2D eigenvalue weighted by atomic mass is 19.1. The predicted molar refractivity (Wildman–Crippen MR) is 84.4 cm³/mol. The molecule has 1 nitrogen and oxygen atoms in total. The summed E-state index contributed by atoms with van der Waals surface area (Å²) in [6.45, 7) is 0.243. The quantitative estimate of drug-likeness (QED) is 0.648. The second kappa shape index (κ2) is 5.88. The van der Waals surface area contributed by atoms with Crippen molar-refractivity contribution < 1.29 is 5.76 Å². The lowest BCUT2D eigenvalue weighted by atomic mass is 9.94. The van der Waals surface area contributed by atoms with Gasteiger partial charge in [0.2, 0.25) is 0 Å². The maximum absolute atomic E-state index is 14.1. The van der Waals surface area contributed by atoms with Crippen molar-refractivity contribution in [3.05, 3.63) is 78.2 Å². The summed E-state index contributed by atoms with van der Waals surface area (Å²) < 4.78 is 21.7. The van der Waals surface area contributed by atoms with E-state index in [4.69, 9.17) is 1.37 Å². The molecule has 0 amide bonds. The van der Waals surface area contributed by atoms with Crippen LogP contribution in [0.2, 0.25) is 0 Å². The van der Waals surface area contributed by atoms with E-state index >= 15 is 0 Å². The molecule has 0 spiro atoms. The van der Waals surface area contributed by atoms with Crippen LogP contribution in [0.1, 0.15) is 13.8 Å². The molecule has 2 aromatic carbocycles. The normalized spacial score (nSPS) is 11.2. The zero-order chi connectivity index (χ0) is 15.4. The van der Waals surface area contributed by atoms with Gasteiger partial charge < -0.3 is 0 Å². The molecule has 1 heterocycles. The monoisotopic (exact) mass is 278 g/mol. The largest absolute Gasteiger partial charge is 0.256 e. The van der Waals surface area contributed by atoms with Gasteiger partial charge in [-0.1, -0.05) is 49.4 Å². The van der Waals surface area contributed by atoms with Crippen LogP contribution >= 0.6 is 0 Å². The summed E-state index contributed by atoms with van der Waals surface area (Å²) in [7, 11) is 0. The minimum Gasteiger partial charge on any atom is -0.256 e. The molecule has 0 unspecified atom stereocenters. The molecular weight excluding hydrogens is 261 g/mol. The third-order valence-electron chi connectivity index (χ3n) is 3.52. The van der Waals surface area contributed by atoms with Gasteiger partial charge in [0, 0.05) is 13.1 Å². The first-order valence-corrected chi connectivity index (χ1v) is 6.88. The van der Waals surface area contributed by atoms with E-state index in [0.717, 1.165) is 16.7 Å². The van der Waals surface area contributed by atoms with Gasteiger partial charge in [0.1, 0.15) is 5.82 Å². The molecule has 21 heavy (non-hydrogen) atoms. The van der Waals surface area contributed by atoms with E-state index in [1.54, 1.807) is 24.4 Å². The number of rotatable bonds is 3. The Balaban J connectivity index is 2.22. The van der Waals surface area contributed by atoms with Gasteiger partial charge in [-0.3, -0.25) is 4.98 Å². The first-order chi connectivity index (χ1) is 10.8. The Morgan fingerprint density at radius 3 is 2.48 bits per heavy atom. The Kier molecular flexibility index (Phi) is 3.44. The fourth-order valence-corrected chi connectivity index (χ4v) is 2.52. The molecule has 104 valence electrons. The van der Waals surface area contributed by atoms with E-state index in [9.17, 15) is 4.39 Å². The van der Waals surface area contributed by atoms with Gasteiger partial charge in [0.25, 0.3) is 0 Å². The molecule has 0 aliphatic rings. The van der Waals surface area contributed by atoms with Crippen LogP contribution in [0.5, 0.6) is 0 Å². The van der Waals surface area contributed by atoms with E-state index in [2.05, 4.69) is 4.98 Å². The molecule has 0 N–H and O–H groups in total. The van der Waals surface area contributed by atoms with Gasteiger partial charge in [0.15, 0.2) is 0 Å². The van der Waals surface area contributed by atoms with E-state index in [-0.39, 0.29) is 12.7 Å². The third-order valence-corrected chi connectivity index (χ3v) is 3.52. The first-order valence-electron chi connectivity index (χ1n) is 7.59. The highest BCUT2D eigenvalue weighted by molar-refractivity contribution is 5.76. The van der Waals surface area contributed by atoms with Crippen molar-refractivity contribution in [3.8, 4) is 22.4 Å². The SMILES string of the molecule is [2H]CCc1c(-c2ccccc2)ccnc1-c1ccccc1F. The van der Waals surface area contributed by atoms with Crippen LogP contribution < -0.4 is 0 Å². The van der Waals surface area contributed by atoms with Crippen LogP contribution in [0.25, 0.3) is 22.4 Å². The number of halogens is 1. The Labute approximate surface area is 125 Å². The van der Waals surface area contributed by atoms with E-state index in [1.165, 1.54) is 6.07 Å². The van der Waals surface area contributed by atoms with Crippen LogP contribution in [-0.4, -0.2) is 4.98 Å². The fourth-order valence-electron chi connectivity index (χ4n) is 2.52. The number of nitrogens with zero attached hydrogens (tertiary/aromatic N) is 1. The molecule has 2 heteroatoms. The topological polar surface area (TPSA) is 12.9 Å². The van der Waals surface area contributed by atoms with Gasteiger partial charge in [-0.05, 0) is 41.3 Å². The average molecular weight is 278 g/mol. The summed E-state index contributed by atoms with van der Waals surface area (Å²) in [6, 6.07) is 18.5. The number of benzene rings is 2. The predicted octanol–water partition coefficient (Wildman–Crippen LogP) is 5.12. The van der Waals surface area contributed by atoms with E-state index in [1.807, 2.05) is 36.4 Å². The molecular formula is C19H16FN. The Bertz CT molecular complexity index is 771. The maximum atomic E-state index is 14.1. The minimum absolute atomic E-state index is 0.243. The number of aromatic nitrogens is 1. The fraction of sp³-hybridized carbons (Fsp3) is 0.105. The highest BCUT2D eigenvalue weighted by Crippen LogP contribution is 2.32. The Hall–Kier alpha value is -2.48. The van der Waals surface area contributed by atoms with Crippen molar-refractivity contribution in [2.24, 2.45) is 0 Å². The Morgan fingerprint density at radius 1 is 0.952 bits per heavy atom. The zero-order valence-corrected chi connectivity index (χ0v) is 11.6. The van der Waals surface area contributed by atoms with Crippen molar-refractivity contribution in [1.29, 1.82) is 0 Å². The summed E-state index contributed by atoms with van der Waals surface area (Å²) in [5.74, 6) is -0.286.